The second-order valence-electron chi connectivity index (χ2n) is 6.11. The van der Waals surface area contributed by atoms with Crippen molar-refractivity contribution in [2.24, 2.45) is 0 Å². The van der Waals surface area contributed by atoms with Gasteiger partial charge in [0, 0.05) is 17.0 Å². The summed E-state index contributed by atoms with van der Waals surface area (Å²) in [6.07, 6.45) is 0.871. The number of rotatable bonds is 7. The Balaban J connectivity index is 1.96. The number of nitrogens with zero attached hydrogens (tertiary/aromatic N) is 2. The van der Waals surface area contributed by atoms with Crippen molar-refractivity contribution in [2.45, 2.75) is 32.0 Å². The van der Waals surface area contributed by atoms with Crippen LogP contribution in [-0.2, 0) is 13.0 Å². The Hall–Kier alpha value is -2.18. The van der Waals surface area contributed by atoms with E-state index in [9.17, 15) is 9.59 Å². The molecule has 3 rings (SSSR count). The Labute approximate surface area is 160 Å². The third-order valence-corrected chi connectivity index (χ3v) is 6.02. The first-order valence-corrected chi connectivity index (χ1v) is 10.2. The molecule has 0 saturated heterocycles. The van der Waals surface area contributed by atoms with Crippen LogP contribution in [0.2, 0.25) is 0 Å². The molecule has 0 spiro atoms. The molecule has 0 fully saturated rings. The first-order chi connectivity index (χ1) is 12.5. The first kappa shape index (κ1) is 18.6. The molecule has 0 saturated carbocycles. The van der Waals surface area contributed by atoms with Gasteiger partial charge < -0.3 is 0 Å². The second kappa shape index (κ2) is 8.01. The van der Waals surface area contributed by atoms with Crippen molar-refractivity contribution < 1.29 is 4.79 Å². The Morgan fingerprint density at radius 1 is 1.31 bits per heavy atom. The average molecular weight is 385 g/mol. The summed E-state index contributed by atoms with van der Waals surface area (Å²) in [6, 6.07) is 11.1. The number of hydrogen-bond acceptors (Lipinski definition) is 5. The molecule has 4 nitrogen and oxygen atoms in total. The quantitative estimate of drug-likeness (QED) is 0.259. The molecular formula is C20H20N2O2S2. The Bertz CT molecular complexity index is 1020. The molecule has 2 aromatic heterocycles. The molecule has 26 heavy (non-hydrogen) atoms. The summed E-state index contributed by atoms with van der Waals surface area (Å²) in [5.74, 6) is 0.261. The molecule has 0 unspecified atom stereocenters. The van der Waals surface area contributed by atoms with Crippen molar-refractivity contribution in [3.63, 3.8) is 0 Å². The lowest BCUT2D eigenvalue weighted by Crippen LogP contribution is -2.23. The highest BCUT2D eigenvalue weighted by atomic mass is 32.2. The molecule has 0 aliphatic carbocycles. The fourth-order valence-electron chi connectivity index (χ4n) is 2.58. The molecule has 6 heteroatoms. The Morgan fingerprint density at radius 3 is 2.69 bits per heavy atom. The van der Waals surface area contributed by atoms with E-state index in [2.05, 4.69) is 18.5 Å². The van der Waals surface area contributed by atoms with Crippen LogP contribution >= 0.6 is 23.1 Å². The fourth-order valence-corrected chi connectivity index (χ4v) is 4.48. The minimum absolute atomic E-state index is 0.0206. The topological polar surface area (TPSA) is 52.0 Å². The van der Waals surface area contributed by atoms with Crippen molar-refractivity contribution in [2.75, 3.05) is 5.75 Å². The van der Waals surface area contributed by atoms with Crippen LogP contribution in [0, 0.1) is 0 Å². The van der Waals surface area contributed by atoms with E-state index in [-0.39, 0.29) is 17.1 Å². The maximum absolute atomic E-state index is 12.9. The fraction of sp³-hybridized carbons (Fsp3) is 0.250. The highest BCUT2D eigenvalue weighted by Crippen LogP contribution is 2.26. The lowest BCUT2D eigenvalue weighted by atomic mass is 10.2. The van der Waals surface area contributed by atoms with E-state index in [4.69, 9.17) is 0 Å². The number of carbonyl (C=O) groups excluding carboxylic acids is 1. The third kappa shape index (κ3) is 3.97. The minimum Gasteiger partial charge on any atom is -0.293 e. The zero-order valence-corrected chi connectivity index (χ0v) is 16.5. The Morgan fingerprint density at radius 2 is 2.04 bits per heavy atom. The molecule has 2 heterocycles. The molecule has 1 aromatic carbocycles. The number of fused-ring (bicyclic) bond motifs is 1. The second-order valence-corrected chi connectivity index (χ2v) is 8.16. The van der Waals surface area contributed by atoms with Crippen LogP contribution in [0.3, 0.4) is 0 Å². The number of allylic oxidation sites excluding steroid dienone is 1. The largest absolute Gasteiger partial charge is 0.293 e. The molecule has 0 radical (unpaired) electrons. The maximum Gasteiger partial charge on any atom is 0.263 e. The number of aryl methyl sites for hydroxylation is 1. The van der Waals surface area contributed by atoms with E-state index in [1.807, 2.05) is 31.2 Å². The molecular weight excluding hydrogens is 364 g/mol. The van der Waals surface area contributed by atoms with Gasteiger partial charge in [0.15, 0.2) is 10.9 Å². The summed E-state index contributed by atoms with van der Waals surface area (Å²) in [4.78, 5) is 31.9. The first-order valence-electron chi connectivity index (χ1n) is 8.38. The lowest BCUT2D eigenvalue weighted by Gasteiger charge is -2.11. The number of hydrogen-bond donors (Lipinski definition) is 0. The number of thiophene rings is 1. The van der Waals surface area contributed by atoms with Crippen molar-refractivity contribution >= 4 is 39.1 Å². The van der Waals surface area contributed by atoms with Crippen molar-refractivity contribution in [1.29, 1.82) is 0 Å². The van der Waals surface area contributed by atoms with Crippen LogP contribution in [0.4, 0.5) is 0 Å². The molecule has 0 aliphatic rings. The van der Waals surface area contributed by atoms with Gasteiger partial charge in [0.05, 0.1) is 11.1 Å². The molecule has 3 aromatic rings. The number of benzene rings is 1. The van der Waals surface area contributed by atoms with E-state index in [0.29, 0.717) is 22.7 Å². The van der Waals surface area contributed by atoms with E-state index >= 15 is 0 Å². The van der Waals surface area contributed by atoms with E-state index in [0.717, 1.165) is 21.7 Å². The summed E-state index contributed by atoms with van der Waals surface area (Å²) in [5, 5.41) is 1.21. The molecule has 0 atom stereocenters. The zero-order chi connectivity index (χ0) is 18.7. The van der Waals surface area contributed by atoms with Gasteiger partial charge in [-0.25, -0.2) is 4.98 Å². The van der Waals surface area contributed by atoms with Crippen LogP contribution in [-0.4, -0.2) is 21.1 Å². The van der Waals surface area contributed by atoms with Crippen molar-refractivity contribution in [1.82, 2.24) is 9.55 Å². The van der Waals surface area contributed by atoms with Gasteiger partial charge in [0.2, 0.25) is 0 Å². The van der Waals surface area contributed by atoms with Gasteiger partial charge in [-0.15, -0.1) is 11.3 Å². The van der Waals surface area contributed by atoms with Gasteiger partial charge in [-0.05, 0) is 19.4 Å². The molecule has 0 N–H and O–H groups in total. The predicted octanol–water partition coefficient (Wildman–Crippen LogP) is 4.57. The van der Waals surface area contributed by atoms with Crippen molar-refractivity contribution in [3.8, 4) is 0 Å². The predicted molar refractivity (Wildman–Crippen MR) is 110 cm³/mol. The van der Waals surface area contributed by atoms with Crippen LogP contribution in [0.25, 0.3) is 10.2 Å². The van der Waals surface area contributed by atoms with Gasteiger partial charge in [-0.1, -0.05) is 61.2 Å². The monoisotopic (exact) mass is 384 g/mol. The van der Waals surface area contributed by atoms with Gasteiger partial charge in [-0.3, -0.25) is 14.2 Å². The number of ketones is 1. The van der Waals surface area contributed by atoms with Gasteiger partial charge in [0.25, 0.3) is 5.56 Å². The average Bonchev–Trinajstić information content (AvgIpc) is 3.06. The summed E-state index contributed by atoms with van der Waals surface area (Å²) in [7, 11) is 0. The van der Waals surface area contributed by atoms with Crippen LogP contribution in [0.5, 0.6) is 0 Å². The van der Waals surface area contributed by atoms with Crippen molar-refractivity contribution in [3.05, 3.63) is 69.3 Å². The van der Waals surface area contributed by atoms with Gasteiger partial charge >= 0.3 is 0 Å². The summed E-state index contributed by atoms with van der Waals surface area (Å²) in [6.45, 7) is 8.26. The van der Waals surface area contributed by atoms with Crippen LogP contribution in [0.15, 0.2) is 58.5 Å². The molecule has 0 amide bonds. The zero-order valence-electron chi connectivity index (χ0n) is 14.8. The van der Waals surface area contributed by atoms with E-state index in [1.165, 1.54) is 23.1 Å². The summed E-state index contributed by atoms with van der Waals surface area (Å²) in [5.41, 5.74) is 1.47. The summed E-state index contributed by atoms with van der Waals surface area (Å²) >= 11 is 2.84. The number of aromatic nitrogens is 2. The highest BCUT2D eigenvalue weighted by molar-refractivity contribution is 7.99. The number of thioether (sulfide) groups is 1. The molecule has 0 bridgehead atoms. The molecule has 0 aliphatic heterocycles. The lowest BCUT2D eigenvalue weighted by molar-refractivity contribution is 0.102. The smallest absolute Gasteiger partial charge is 0.263 e. The molecule has 134 valence electrons. The van der Waals surface area contributed by atoms with Gasteiger partial charge in [-0.2, -0.15) is 0 Å². The van der Waals surface area contributed by atoms with E-state index < -0.39 is 0 Å². The minimum atomic E-state index is -0.0661. The maximum atomic E-state index is 12.9. The Kier molecular flexibility index (Phi) is 5.74. The van der Waals surface area contributed by atoms with Gasteiger partial charge in [0.1, 0.15) is 4.83 Å². The highest BCUT2D eigenvalue weighted by Gasteiger charge is 2.16. The number of Topliss-reactive ketones (excluding diaryl/α,β-unsaturated/α-hetero) is 1. The van der Waals surface area contributed by atoms with E-state index in [1.54, 1.807) is 16.7 Å². The van der Waals surface area contributed by atoms with Crippen LogP contribution in [0.1, 0.15) is 29.1 Å². The van der Waals surface area contributed by atoms with Crippen LogP contribution < -0.4 is 5.56 Å². The standard InChI is InChI=1S/C20H20N2O2S2/c1-4-15-10-16-18(26-15)21-20(22(19(16)24)11-13(2)3)25-12-17(23)14-8-6-5-7-9-14/h5-10H,2,4,11-12H2,1,3H3. The number of carbonyl (C=O) groups is 1. The normalized spacial score (nSPS) is 11.0. The third-order valence-electron chi connectivity index (χ3n) is 3.87. The SMILES string of the molecule is C=C(C)Cn1c(SCC(=O)c2ccccc2)nc2sc(CC)cc2c1=O. The summed E-state index contributed by atoms with van der Waals surface area (Å²) < 4.78 is 1.62.